The lowest BCUT2D eigenvalue weighted by Gasteiger charge is -2.27. The molecule has 2 aromatic carbocycles. The number of hydrogen-bond donors (Lipinski definition) is 2. The van der Waals surface area contributed by atoms with Crippen molar-refractivity contribution in [3.8, 4) is 5.75 Å². The quantitative estimate of drug-likeness (QED) is 0.339. The van der Waals surface area contributed by atoms with Crippen molar-refractivity contribution < 1.29 is 14.3 Å². The molecule has 2 aliphatic rings. The van der Waals surface area contributed by atoms with Crippen molar-refractivity contribution in [2.45, 2.75) is 32.4 Å². The number of anilines is 1. The zero-order chi connectivity index (χ0) is 22.4. The molecule has 5 rings (SSSR count). The number of thiophene rings is 1. The maximum atomic E-state index is 12.9. The highest BCUT2D eigenvalue weighted by Gasteiger charge is 2.33. The monoisotopic (exact) mass is 486 g/mol. The van der Waals surface area contributed by atoms with Crippen LogP contribution in [0.15, 0.2) is 42.5 Å². The second-order valence-corrected chi connectivity index (χ2v) is 10.1. The molecule has 2 atom stereocenters. The summed E-state index contributed by atoms with van der Waals surface area (Å²) < 4.78 is 5.43. The van der Waals surface area contributed by atoms with Gasteiger partial charge in [-0.05, 0) is 66.6 Å². The van der Waals surface area contributed by atoms with Crippen LogP contribution < -0.4 is 15.4 Å². The third kappa shape index (κ3) is 3.98. The van der Waals surface area contributed by atoms with Gasteiger partial charge in [0.1, 0.15) is 16.9 Å². The highest BCUT2D eigenvalue weighted by molar-refractivity contribution is 7.16. The Balaban J connectivity index is 1.32. The number of amides is 1. The van der Waals surface area contributed by atoms with E-state index in [4.69, 9.17) is 27.9 Å². The molecule has 1 aromatic heterocycles. The molecule has 2 N–H and O–H groups in total. The fraction of sp³-hybridized carbons (Fsp3) is 0.250. The van der Waals surface area contributed by atoms with E-state index in [1.54, 1.807) is 29.5 Å². The van der Waals surface area contributed by atoms with Crippen LogP contribution in [0.2, 0.25) is 10.0 Å². The van der Waals surface area contributed by atoms with E-state index in [-0.39, 0.29) is 22.7 Å². The van der Waals surface area contributed by atoms with Crippen molar-refractivity contribution in [3.63, 3.8) is 0 Å². The zero-order valence-corrected chi connectivity index (χ0v) is 19.5. The van der Waals surface area contributed by atoms with Crippen LogP contribution in [0.4, 0.5) is 5.00 Å². The van der Waals surface area contributed by atoms with Crippen molar-refractivity contribution in [2.24, 2.45) is 5.92 Å². The Morgan fingerprint density at radius 3 is 2.66 bits per heavy atom. The van der Waals surface area contributed by atoms with E-state index in [2.05, 4.69) is 17.6 Å². The summed E-state index contributed by atoms with van der Waals surface area (Å²) in [5, 5.41) is 8.13. The number of ether oxygens (including phenoxy) is 1. The second-order valence-electron chi connectivity index (χ2n) is 8.19. The number of esters is 1. The molecule has 3 aromatic rings. The van der Waals surface area contributed by atoms with E-state index < -0.39 is 5.97 Å². The van der Waals surface area contributed by atoms with Gasteiger partial charge in [-0.15, -0.1) is 11.3 Å². The smallest absolute Gasteiger partial charge is 0.345 e. The Hall–Kier alpha value is -2.54. The second kappa shape index (κ2) is 8.43. The summed E-state index contributed by atoms with van der Waals surface area (Å²) in [6.45, 7) is 2.26. The maximum Gasteiger partial charge on any atom is 0.345 e. The average molecular weight is 487 g/mol. The van der Waals surface area contributed by atoms with Crippen LogP contribution in [0.25, 0.3) is 0 Å². The SMILES string of the molecule is CC1CCc2c(sc3c2C(=O)NC(c2ccc(OC(=O)c4ccc(Cl)cc4Cl)cc2)N3)C1. The molecule has 0 radical (unpaired) electrons. The number of fused-ring (bicyclic) bond motifs is 3. The van der Waals surface area contributed by atoms with E-state index in [0.717, 1.165) is 35.4 Å². The Bertz CT molecular complexity index is 1220. The van der Waals surface area contributed by atoms with Gasteiger partial charge in [0.25, 0.3) is 5.91 Å². The third-order valence-corrected chi connectivity index (χ3v) is 7.60. The Morgan fingerprint density at radius 2 is 1.91 bits per heavy atom. The lowest BCUT2D eigenvalue weighted by atomic mass is 9.88. The van der Waals surface area contributed by atoms with Gasteiger partial charge in [-0.3, -0.25) is 4.79 Å². The van der Waals surface area contributed by atoms with Gasteiger partial charge >= 0.3 is 5.97 Å². The van der Waals surface area contributed by atoms with Crippen LogP contribution in [-0.2, 0) is 12.8 Å². The molecule has 32 heavy (non-hydrogen) atoms. The molecule has 1 aliphatic carbocycles. The predicted octanol–water partition coefficient (Wildman–Crippen LogP) is 6.25. The Morgan fingerprint density at radius 1 is 1.12 bits per heavy atom. The van der Waals surface area contributed by atoms with Gasteiger partial charge in [-0.1, -0.05) is 42.3 Å². The van der Waals surface area contributed by atoms with Gasteiger partial charge in [0, 0.05) is 9.90 Å². The van der Waals surface area contributed by atoms with Crippen LogP contribution in [0.3, 0.4) is 0 Å². The average Bonchev–Trinajstić information content (AvgIpc) is 3.12. The molecule has 0 saturated carbocycles. The lowest BCUT2D eigenvalue weighted by Crippen LogP contribution is -2.38. The van der Waals surface area contributed by atoms with Gasteiger partial charge in [0.15, 0.2) is 0 Å². The van der Waals surface area contributed by atoms with E-state index in [1.165, 1.54) is 22.6 Å². The van der Waals surface area contributed by atoms with Crippen molar-refractivity contribution >= 4 is 51.4 Å². The molecular formula is C24H20Cl2N2O3S. The van der Waals surface area contributed by atoms with Crippen LogP contribution in [-0.4, -0.2) is 11.9 Å². The van der Waals surface area contributed by atoms with Crippen LogP contribution in [0.1, 0.15) is 56.2 Å². The summed E-state index contributed by atoms with van der Waals surface area (Å²) in [7, 11) is 0. The highest BCUT2D eigenvalue weighted by atomic mass is 35.5. The van der Waals surface area contributed by atoms with Crippen molar-refractivity contribution in [2.75, 3.05) is 5.32 Å². The summed E-state index contributed by atoms with van der Waals surface area (Å²) >= 11 is 13.7. The van der Waals surface area contributed by atoms with Gasteiger partial charge in [0.2, 0.25) is 0 Å². The summed E-state index contributed by atoms with van der Waals surface area (Å²) in [6.07, 6.45) is 2.77. The number of benzene rings is 2. The minimum absolute atomic E-state index is 0.0383. The first-order valence-electron chi connectivity index (χ1n) is 10.4. The lowest BCUT2D eigenvalue weighted by molar-refractivity contribution is 0.0734. The van der Waals surface area contributed by atoms with Gasteiger partial charge in [-0.2, -0.15) is 0 Å². The van der Waals surface area contributed by atoms with Gasteiger partial charge in [0.05, 0.1) is 16.1 Å². The summed E-state index contributed by atoms with van der Waals surface area (Å²) in [5.74, 6) is 0.433. The van der Waals surface area contributed by atoms with Gasteiger partial charge < -0.3 is 15.4 Å². The third-order valence-electron chi connectivity index (χ3n) is 5.86. The first kappa shape index (κ1) is 21.3. The highest BCUT2D eigenvalue weighted by Crippen LogP contribution is 2.42. The summed E-state index contributed by atoms with van der Waals surface area (Å²) in [4.78, 5) is 26.6. The topological polar surface area (TPSA) is 67.4 Å². The van der Waals surface area contributed by atoms with E-state index in [9.17, 15) is 9.59 Å². The normalized spacial score (nSPS) is 19.4. The summed E-state index contributed by atoms with van der Waals surface area (Å²) in [6, 6.07) is 11.7. The minimum atomic E-state index is -0.563. The van der Waals surface area contributed by atoms with Crippen LogP contribution >= 0.6 is 34.5 Å². The molecule has 2 heterocycles. The van der Waals surface area contributed by atoms with E-state index in [0.29, 0.717) is 16.7 Å². The Kier molecular flexibility index (Phi) is 5.61. The number of halogens is 2. The minimum Gasteiger partial charge on any atom is -0.423 e. The standard InChI is InChI=1S/C24H20Cl2N2O3S/c1-12-2-8-17-19(10-12)32-23-20(17)22(29)27-21(28-23)13-3-6-15(7-4-13)31-24(30)16-9-5-14(25)11-18(16)26/h3-7,9,11-12,21,28H,2,8,10H2,1H3,(H,27,29). The van der Waals surface area contributed by atoms with Gasteiger partial charge in [-0.25, -0.2) is 4.79 Å². The first-order valence-corrected chi connectivity index (χ1v) is 12.0. The number of carbonyl (C=O) groups is 2. The molecule has 5 nitrogen and oxygen atoms in total. The van der Waals surface area contributed by atoms with E-state index in [1.807, 2.05) is 12.1 Å². The molecule has 2 unspecified atom stereocenters. The summed E-state index contributed by atoms with van der Waals surface area (Å²) in [5.41, 5.74) is 3.12. The number of rotatable bonds is 3. The number of carbonyl (C=O) groups excluding carboxylic acids is 2. The number of hydrogen-bond acceptors (Lipinski definition) is 5. The molecule has 8 heteroatoms. The van der Waals surface area contributed by atoms with Crippen molar-refractivity contribution in [1.82, 2.24) is 5.32 Å². The molecule has 1 amide bonds. The fourth-order valence-corrected chi connectivity index (χ4v) is 6.10. The molecule has 0 saturated heterocycles. The van der Waals surface area contributed by atoms with Crippen LogP contribution in [0, 0.1) is 5.92 Å². The molecular weight excluding hydrogens is 467 g/mol. The molecule has 0 bridgehead atoms. The maximum absolute atomic E-state index is 12.9. The largest absolute Gasteiger partial charge is 0.423 e. The van der Waals surface area contributed by atoms with Crippen molar-refractivity contribution in [3.05, 3.63) is 79.6 Å². The zero-order valence-electron chi connectivity index (χ0n) is 17.2. The van der Waals surface area contributed by atoms with Crippen LogP contribution in [0.5, 0.6) is 5.75 Å². The molecule has 0 fully saturated rings. The first-order chi connectivity index (χ1) is 15.4. The fourth-order valence-electron chi connectivity index (χ4n) is 4.18. The van der Waals surface area contributed by atoms with E-state index >= 15 is 0 Å². The Labute approximate surface area is 199 Å². The number of nitrogens with one attached hydrogen (secondary N) is 2. The predicted molar refractivity (Wildman–Crippen MR) is 127 cm³/mol. The molecule has 164 valence electrons. The van der Waals surface area contributed by atoms with Crippen molar-refractivity contribution in [1.29, 1.82) is 0 Å². The molecule has 0 spiro atoms. The molecule has 1 aliphatic heterocycles.